The van der Waals surface area contributed by atoms with Crippen molar-refractivity contribution in [2.75, 3.05) is 0 Å². The largest absolute Gasteiger partial charge is 0.298 e. The molecule has 0 aromatic carbocycles. The lowest BCUT2D eigenvalue weighted by atomic mass is 10.2. The van der Waals surface area contributed by atoms with Crippen molar-refractivity contribution >= 4 is 6.29 Å². The topological polar surface area (TPSA) is 17.1 Å². The molecule has 0 fully saturated rings. The van der Waals surface area contributed by atoms with Crippen LogP contribution in [0.3, 0.4) is 0 Å². The van der Waals surface area contributed by atoms with Gasteiger partial charge in [0.15, 0.2) is 0 Å². The molecule has 1 nitrogen and oxygen atoms in total. The van der Waals surface area contributed by atoms with Crippen LogP contribution in [0.1, 0.15) is 20.3 Å². The van der Waals surface area contributed by atoms with Crippen LogP contribution in [0.15, 0.2) is 23.8 Å². The summed E-state index contributed by atoms with van der Waals surface area (Å²) >= 11 is 0. The van der Waals surface area contributed by atoms with Gasteiger partial charge in [0.05, 0.1) is 0 Å². The maximum atomic E-state index is 10.1. The molecule has 0 saturated heterocycles. The van der Waals surface area contributed by atoms with Crippen molar-refractivity contribution in [3.8, 4) is 0 Å². The first-order valence-electron chi connectivity index (χ1n) is 3.12. The van der Waals surface area contributed by atoms with Crippen molar-refractivity contribution in [1.29, 1.82) is 0 Å². The van der Waals surface area contributed by atoms with Crippen molar-refractivity contribution in [3.63, 3.8) is 0 Å². The number of aldehydes is 1. The van der Waals surface area contributed by atoms with E-state index in [1.807, 2.05) is 32.1 Å². The van der Waals surface area contributed by atoms with Crippen LogP contribution in [0, 0.1) is 0 Å². The molecular weight excluding hydrogens is 112 g/mol. The van der Waals surface area contributed by atoms with Gasteiger partial charge in [-0.15, -0.1) is 0 Å². The Morgan fingerprint density at radius 1 is 1.56 bits per heavy atom. The lowest BCUT2D eigenvalue weighted by Crippen LogP contribution is -1.78. The van der Waals surface area contributed by atoms with Crippen molar-refractivity contribution in [1.82, 2.24) is 0 Å². The molecule has 0 atom stereocenters. The van der Waals surface area contributed by atoms with Gasteiger partial charge in [0.2, 0.25) is 0 Å². The summed E-state index contributed by atoms with van der Waals surface area (Å²) in [6, 6.07) is 0. The Hall–Kier alpha value is -0.850. The van der Waals surface area contributed by atoms with Crippen LogP contribution >= 0.6 is 0 Å². The van der Waals surface area contributed by atoms with E-state index in [4.69, 9.17) is 0 Å². The van der Waals surface area contributed by atoms with Gasteiger partial charge in [-0.25, -0.2) is 0 Å². The third-order valence-corrected chi connectivity index (χ3v) is 1.06. The fourth-order valence-electron chi connectivity index (χ4n) is 0.460. The van der Waals surface area contributed by atoms with Gasteiger partial charge < -0.3 is 0 Å². The van der Waals surface area contributed by atoms with E-state index >= 15 is 0 Å². The minimum absolute atomic E-state index is 0.813. The van der Waals surface area contributed by atoms with Crippen LogP contribution in [0.2, 0.25) is 0 Å². The first kappa shape index (κ1) is 8.15. The highest BCUT2D eigenvalue weighted by atomic mass is 16.1. The predicted octanol–water partition coefficient (Wildman–Crippen LogP) is 2.10. The zero-order valence-corrected chi connectivity index (χ0v) is 5.92. The van der Waals surface area contributed by atoms with Crippen molar-refractivity contribution in [2.24, 2.45) is 0 Å². The predicted molar refractivity (Wildman–Crippen MR) is 39.3 cm³/mol. The van der Waals surface area contributed by atoms with Gasteiger partial charge in [-0.3, -0.25) is 4.79 Å². The molecule has 0 aliphatic rings. The second kappa shape index (κ2) is 5.29. The summed E-state index contributed by atoms with van der Waals surface area (Å²) in [4.78, 5) is 10.1. The Morgan fingerprint density at radius 2 is 2.22 bits per heavy atom. The quantitative estimate of drug-likeness (QED) is 0.320. The standard InChI is InChI=1S/C8H12O/c1-3-5-6-8(4-2)7-9/h3,5-7H,4H2,1-2H3/b5-3+,8-6-. The van der Waals surface area contributed by atoms with Gasteiger partial charge in [-0.2, -0.15) is 0 Å². The summed E-state index contributed by atoms with van der Waals surface area (Å²) in [5.74, 6) is 0. The average molecular weight is 124 g/mol. The molecule has 0 aromatic rings. The number of rotatable bonds is 3. The first-order chi connectivity index (χ1) is 4.35. The summed E-state index contributed by atoms with van der Waals surface area (Å²) < 4.78 is 0. The fourth-order valence-corrected chi connectivity index (χ4v) is 0.460. The van der Waals surface area contributed by atoms with E-state index in [9.17, 15) is 4.79 Å². The molecule has 0 aromatic heterocycles. The molecule has 0 amide bonds. The maximum absolute atomic E-state index is 10.1. The van der Waals surface area contributed by atoms with E-state index in [-0.39, 0.29) is 0 Å². The van der Waals surface area contributed by atoms with Gasteiger partial charge in [0.1, 0.15) is 6.29 Å². The van der Waals surface area contributed by atoms with Gasteiger partial charge in [0, 0.05) is 0 Å². The molecule has 0 bridgehead atoms. The Morgan fingerprint density at radius 3 is 2.56 bits per heavy atom. The third kappa shape index (κ3) is 3.71. The van der Waals surface area contributed by atoms with E-state index in [2.05, 4.69) is 0 Å². The molecule has 9 heavy (non-hydrogen) atoms. The highest BCUT2D eigenvalue weighted by Crippen LogP contribution is 1.94. The molecule has 0 aliphatic heterocycles. The van der Waals surface area contributed by atoms with Gasteiger partial charge >= 0.3 is 0 Å². The molecule has 0 spiro atoms. The first-order valence-corrected chi connectivity index (χ1v) is 3.12. The summed E-state index contributed by atoms with van der Waals surface area (Å²) in [6.45, 7) is 3.89. The number of hydrogen-bond donors (Lipinski definition) is 0. The maximum Gasteiger partial charge on any atom is 0.146 e. The van der Waals surface area contributed by atoms with Crippen molar-refractivity contribution < 1.29 is 4.79 Å². The van der Waals surface area contributed by atoms with E-state index < -0.39 is 0 Å². The van der Waals surface area contributed by atoms with Crippen LogP contribution in [-0.2, 0) is 4.79 Å². The third-order valence-electron chi connectivity index (χ3n) is 1.06. The summed E-state index contributed by atoms with van der Waals surface area (Å²) in [5.41, 5.74) is 0.841. The van der Waals surface area contributed by atoms with Crippen LogP contribution < -0.4 is 0 Å². The summed E-state index contributed by atoms with van der Waals surface area (Å²) in [5, 5.41) is 0. The number of hydrogen-bond acceptors (Lipinski definition) is 1. The van der Waals surface area contributed by atoms with Crippen LogP contribution in [0.25, 0.3) is 0 Å². The minimum atomic E-state index is 0.813. The van der Waals surface area contributed by atoms with Gasteiger partial charge in [-0.05, 0) is 18.9 Å². The van der Waals surface area contributed by atoms with Crippen LogP contribution in [0.4, 0.5) is 0 Å². The molecular formula is C8H12O. The van der Waals surface area contributed by atoms with E-state index in [1.54, 1.807) is 0 Å². The van der Waals surface area contributed by atoms with Crippen LogP contribution in [0.5, 0.6) is 0 Å². The van der Waals surface area contributed by atoms with Crippen LogP contribution in [-0.4, -0.2) is 6.29 Å². The molecule has 0 saturated carbocycles. The normalized spacial score (nSPS) is 12.4. The highest BCUT2D eigenvalue weighted by Gasteiger charge is 1.84. The Balaban J connectivity index is 3.90. The second-order valence-electron chi connectivity index (χ2n) is 1.74. The molecule has 0 rings (SSSR count). The Bertz CT molecular complexity index is 132. The summed E-state index contributed by atoms with van der Waals surface area (Å²) in [7, 11) is 0. The molecule has 1 heteroatoms. The van der Waals surface area contributed by atoms with E-state index in [0.29, 0.717) is 0 Å². The van der Waals surface area contributed by atoms with Crippen molar-refractivity contribution in [3.05, 3.63) is 23.8 Å². The van der Waals surface area contributed by atoms with E-state index in [0.717, 1.165) is 18.3 Å². The summed E-state index contributed by atoms with van der Waals surface area (Å²) in [6.07, 6.45) is 7.30. The highest BCUT2D eigenvalue weighted by molar-refractivity contribution is 5.73. The lowest BCUT2D eigenvalue weighted by Gasteiger charge is -1.85. The monoisotopic (exact) mass is 124 g/mol. The molecule has 0 radical (unpaired) electrons. The second-order valence-corrected chi connectivity index (χ2v) is 1.74. The number of carbonyl (C=O) groups excluding carboxylic acids is 1. The smallest absolute Gasteiger partial charge is 0.146 e. The average Bonchev–Trinajstić information content (AvgIpc) is 1.91. The van der Waals surface area contributed by atoms with Gasteiger partial charge in [0.25, 0.3) is 0 Å². The minimum Gasteiger partial charge on any atom is -0.298 e. The van der Waals surface area contributed by atoms with E-state index in [1.165, 1.54) is 0 Å². The molecule has 0 aliphatic carbocycles. The fraction of sp³-hybridized carbons (Fsp3) is 0.375. The molecule has 0 heterocycles. The Labute approximate surface area is 56.1 Å². The Kier molecular flexibility index (Phi) is 4.79. The van der Waals surface area contributed by atoms with Crippen molar-refractivity contribution in [2.45, 2.75) is 20.3 Å². The molecule has 50 valence electrons. The lowest BCUT2D eigenvalue weighted by molar-refractivity contribution is -0.105. The number of carbonyl (C=O) groups is 1. The zero-order valence-electron chi connectivity index (χ0n) is 5.92. The van der Waals surface area contributed by atoms with Gasteiger partial charge in [-0.1, -0.05) is 25.2 Å². The molecule has 0 unspecified atom stereocenters. The zero-order chi connectivity index (χ0) is 7.11. The number of allylic oxidation sites excluding steroid dienone is 4. The SMILES string of the molecule is C/C=C/C=C(\C=O)CC. The molecule has 0 N–H and O–H groups in total.